The molecule has 0 unspecified atom stereocenters. The molecule has 0 radical (unpaired) electrons. The highest BCUT2D eigenvalue weighted by atomic mass is 32.2. The van der Waals surface area contributed by atoms with Crippen LogP contribution in [0.25, 0.3) is 5.65 Å². The van der Waals surface area contributed by atoms with E-state index in [0.717, 1.165) is 38.0 Å². The lowest BCUT2D eigenvalue weighted by Gasteiger charge is -2.03. The molecular weight excluding hydrogens is 354 g/mol. The number of anilines is 2. The van der Waals surface area contributed by atoms with E-state index >= 15 is 0 Å². The zero-order chi connectivity index (χ0) is 17.1. The van der Waals surface area contributed by atoms with Crippen LogP contribution >= 0.6 is 23.1 Å². The molecule has 3 aromatic heterocycles. The van der Waals surface area contributed by atoms with Crippen molar-refractivity contribution < 1.29 is 4.74 Å². The highest BCUT2D eigenvalue weighted by Crippen LogP contribution is 2.30. The first-order valence-corrected chi connectivity index (χ1v) is 9.40. The van der Waals surface area contributed by atoms with Crippen molar-refractivity contribution in [1.82, 2.24) is 19.6 Å². The molecule has 0 aliphatic heterocycles. The van der Waals surface area contributed by atoms with Crippen LogP contribution in [0.2, 0.25) is 0 Å². The number of fused-ring (bicyclic) bond motifs is 1. The zero-order valence-electron chi connectivity index (χ0n) is 13.4. The van der Waals surface area contributed by atoms with Crippen LogP contribution in [0.1, 0.15) is 5.69 Å². The molecule has 4 rings (SSSR count). The monoisotopic (exact) mass is 369 g/mol. The summed E-state index contributed by atoms with van der Waals surface area (Å²) in [5.41, 5.74) is 2.93. The van der Waals surface area contributed by atoms with Crippen LogP contribution in [0.3, 0.4) is 0 Å². The van der Waals surface area contributed by atoms with Crippen molar-refractivity contribution in [2.45, 2.75) is 10.1 Å². The highest BCUT2D eigenvalue weighted by molar-refractivity contribution is 8.00. The van der Waals surface area contributed by atoms with Crippen LogP contribution in [-0.4, -0.2) is 26.7 Å². The molecule has 0 saturated heterocycles. The maximum Gasteiger partial charge on any atom is 0.210 e. The van der Waals surface area contributed by atoms with Gasteiger partial charge in [-0.2, -0.15) is 0 Å². The van der Waals surface area contributed by atoms with E-state index < -0.39 is 0 Å². The summed E-state index contributed by atoms with van der Waals surface area (Å²) in [5.74, 6) is 1.59. The van der Waals surface area contributed by atoms with E-state index in [1.54, 1.807) is 18.9 Å². The van der Waals surface area contributed by atoms with Crippen molar-refractivity contribution in [3.63, 3.8) is 0 Å². The second kappa shape index (κ2) is 7.12. The Bertz CT molecular complexity index is 947. The number of hydrogen-bond acceptors (Lipinski definition) is 7. The van der Waals surface area contributed by atoms with Gasteiger partial charge in [0.15, 0.2) is 4.34 Å². The Hall–Kier alpha value is -2.58. The summed E-state index contributed by atoms with van der Waals surface area (Å²) >= 11 is 3.16. The lowest BCUT2D eigenvalue weighted by Crippen LogP contribution is -1.89. The number of hydrogen-bond donors (Lipinski definition) is 1. The van der Waals surface area contributed by atoms with E-state index in [2.05, 4.69) is 20.5 Å². The molecular formula is C17H15N5OS2. The molecule has 3 heterocycles. The van der Waals surface area contributed by atoms with Gasteiger partial charge in [0.2, 0.25) is 5.13 Å². The molecule has 1 N–H and O–H groups in total. The van der Waals surface area contributed by atoms with E-state index in [0.29, 0.717) is 0 Å². The normalized spacial score (nSPS) is 10.9. The van der Waals surface area contributed by atoms with Crippen molar-refractivity contribution in [2.75, 3.05) is 12.4 Å². The van der Waals surface area contributed by atoms with Gasteiger partial charge in [0.05, 0.1) is 12.8 Å². The molecule has 0 aliphatic rings. The van der Waals surface area contributed by atoms with Crippen molar-refractivity contribution in [3.05, 3.63) is 60.6 Å². The summed E-state index contributed by atoms with van der Waals surface area (Å²) in [6.07, 6.45) is 4.04. The first-order valence-electron chi connectivity index (χ1n) is 7.60. The van der Waals surface area contributed by atoms with Crippen LogP contribution in [0, 0.1) is 0 Å². The van der Waals surface area contributed by atoms with Crippen LogP contribution < -0.4 is 10.1 Å². The number of methoxy groups -OCH3 is 1. The van der Waals surface area contributed by atoms with Crippen LogP contribution in [-0.2, 0) is 5.75 Å². The van der Waals surface area contributed by atoms with Gasteiger partial charge in [0, 0.05) is 23.8 Å². The number of aromatic nitrogens is 4. The molecule has 1 aromatic carbocycles. The average molecular weight is 369 g/mol. The van der Waals surface area contributed by atoms with Crippen LogP contribution in [0.4, 0.5) is 10.8 Å². The van der Waals surface area contributed by atoms with Crippen LogP contribution in [0.15, 0.2) is 59.2 Å². The number of benzene rings is 1. The summed E-state index contributed by atoms with van der Waals surface area (Å²) in [6.45, 7) is 0. The van der Waals surface area contributed by atoms with Crippen molar-refractivity contribution in [2.24, 2.45) is 0 Å². The quantitative estimate of drug-likeness (QED) is 0.513. The topological polar surface area (TPSA) is 64.3 Å². The van der Waals surface area contributed by atoms with Gasteiger partial charge >= 0.3 is 0 Å². The minimum atomic E-state index is 0.763. The number of nitrogens with zero attached hydrogens (tertiary/aromatic N) is 4. The summed E-state index contributed by atoms with van der Waals surface area (Å²) in [4.78, 5) is 4.59. The van der Waals surface area contributed by atoms with Gasteiger partial charge in [0.25, 0.3) is 0 Å². The van der Waals surface area contributed by atoms with Gasteiger partial charge in [-0.25, -0.2) is 4.98 Å². The largest absolute Gasteiger partial charge is 0.497 e. The zero-order valence-corrected chi connectivity index (χ0v) is 15.0. The lowest BCUT2D eigenvalue weighted by atomic mass is 10.3. The molecule has 0 atom stereocenters. The van der Waals surface area contributed by atoms with Crippen molar-refractivity contribution in [3.8, 4) is 5.75 Å². The molecule has 0 spiro atoms. The molecule has 0 bridgehead atoms. The predicted molar refractivity (Wildman–Crippen MR) is 101 cm³/mol. The number of imidazole rings is 1. The lowest BCUT2D eigenvalue weighted by molar-refractivity contribution is 0.415. The van der Waals surface area contributed by atoms with E-state index in [1.165, 1.54) is 11.3 Å². The van der Waals surface area contributed by atoms with Gasteiger partial charge in [-0.05, 0) is 36.4 Å². The molecule has 8 heteroatoms. The molecule has 4 aromatic rings. The predicted octanol–water partition coefficient (Wildman–Crippen LogP) is 4.23. The highest BCUT2D eigenvalue weighted by Gasteiger charge is 2.08. The first kappa shape index (κ1) is 15.9. The van der Waals surface area contributed by atoms with E-state index in [1.807, 2.05) is 59.3 Å². The third-order valence-electron chi connectivity index (χ3n) is 3.51. The summed E-state index contributed by atoms with van der Waals surface area (Å²) in [7, 11) is 1.65. The van der Waals surface area contributed by atoms with Crippen molar-refractivity contribution in [1.29, 1.82) is 0 Å². The Morgan fingerprint density at radius 2 is 2.04 bits per heavy atom. The Labute approximate surface area is 152 Å². The first-order chi connectivity index (χ1) is 12.3. The van der Waals surface area contributed by atoms with Gasteiger partial charge in [-0.1, -0.05) is 29.2 Å². The number of pyridine rings is 1. The standard InChI is InChI=1S/C17H15N5OS2/c1-23-14-7-5-12(6-8-14)19-16-20-21-17(25-16)24-11-13-10-22-9-3-2-4-15(22)18-13/h2-10H,11H2,1H3,(H,19,20). The third kappa shape index (κ3) is 3.75. The molecule has 25 heavy (non-hydrogen) atoms. The smallest absolute Gasteiger partial charge is 0.210 e. The molecule has 6 nitrogen and oxygen atoms in total. The minimum absolute atomic E-state index is 0.763. The van der Waals surface area contributed by atoms with Gasteiger partial charge in [-0.15, -0.1) is 10.2 Å². The minimum Gasteiger partial charge on any atom is -0.497 e. The molecule has 126 valence electrons. The Morgan fingerprint density at radius 1 is 1.16 bits per heavy atom. The fourth-order valence-corrected chi connectivity index (χ4v) is 3.96. The summed E-state index contributed by atoms with van der Waals surface area (Å²) in [6, 6.07) is 13.7. The molecule has 0 aliphatic carbocycles. The maximum atomic E-state index is 5.16. The molecule has 0 fully saturated rings. The molecule has 0 saturated carbocycles. The Morgan fingerprint density at radius 3 is 2.84 bits per heavy atom. The molecule has 0 amide bonds. The fraction of sp³-hybridized carbons (Fsp3) is 0.118. The van der Waals surface area contributed by atoms with E-state index in [9.17, 15) is 0 Å². The maximum absolute atomic E-state index is 5.16. The summed E-state index contributed by atoms with van der Waals surface area (Å²) in [5, 5.41) is 12.4. The second-order valence-corrected chi connectivity index (χ2v) is 7.41. The summed E-state index contributed by atoms with van der Waals surface area (Å²) < 4.78 is 8.09. The SMILES string of the molecule is COc1ccc(Nc2nnc(SCc3cn4ccccc4n3)s2)cc1. The second-order valence-electron chi connectivity index (χ2n) is 5.21. The van der Waals surface area contributed by atoms with Crippen molar-refractivity contribution >= 4 is 39.6 Å². The number of nitrogens with one attached hydrogen (secondary N) is 1. The Kier molecular flexibility index (Phi) is 4.53. The Balaban J connectivity index is 1.38. The van der Waals surface area contributed by atoms with Gasteiger partial charge < -0.3 is 14.5 Å². The third-order valence-corrected chi connectivity index (χ3v) is 5.51. The average Bonchev–Trinajstić information content (AvgIpc) is 3.26. The van der Waals surface area contributed by atoms with E-state index in [-0.39, 0.29) is 0 Å². The number of ether oxygens (including phenoxy) is 1. The van der Waals surface area contributed by atoms with E-state index in [4.69, 9.17) is 4.74 Å². The van der Waals surface area contributed by atoms with Gasteiger partial charge in [-0.3, -0.25) is 0 Å². The number of rotatable bonds is 6. The van der Waals surface area contributed by atoms with Crippen LogP contribution in [0.5, 0.6) is 5.75 Å². The fourth-order valence-electron chi connectivity index (χ4n) is 2.31. The number of thioether (sulfide) groups is 1. The van der Waals surface area contributed by atoms with Gasteiger partial charge in [0.1, 0.15) is 11.4 Å².